The second-order valence-corrected chi connectivity index (χ2v) is 5.50. The van der Waals surface area contributed by atoms with E-state index in [1.54, 1.807) is 0 Å². The molecule has 1 aromatic heterocycles. The molecule has 5 nitrogen and oxygen atoms in total. The van der Waals surface area contributed by atoms with Gasteiger partial charge in [0, 0.05) is 18.2 Å². The van der Waals surface area contributed by atoms with Gasteiger partial charge < -0.3 is 15.0 Å². The summed E-state index contributed by atoms with van der Waals surface area (Å²) in [4.78, 5) is 19.6. The second kappa shape index (κ2) is 5.25. The van der Waals surface area contributed by atoms with Crippen LogP contribution < -0.4 is 5.32 Å². The molecule has 5 heteroatoms. The number of hydrogen-bond donors (Lipinski definition) is 2. The van der Waals surface area contributed by atoms with E-state index in [-0.39, 0.29) is 17.9 Å². The van der Waals surface area contributed by atoms with Crippen LogP contribution in [0.2, 0.25) is 0 Å². The van der Waals surface area contributed by atoms with Crippen molar-refractivity contribution >= 4 is 22.6 Å². The van der Waals surface area contributed by atoms with E-state index in [0.717, 1.165) is 42.0 Å². The van der Waals surface area contributed by atoms with Crippen LogP contribution in [0.1, 0.15) is 38.6 Å². The zero-order valence-corrected chi connectivity index (χ0v) is 11.8. The lowest BCUT2D eigenvalue weighted by molar-refractivity contribution is -0.118. The zero-order valence-electron chi connectivity index (χ0n) is 11.8. The van der Waals surface area contributed by atoms with E-state index in [1.807, 2.05) is 32.0 Å². The molecule has 2 heterocycles. The van der Waals surface area contributed by atoms with Gasteiger partial charge in [-0.15, -0.1) is 0 Å². The van der Waals surface area contributed by atoms with Gasteiger partial charge in [0.1, 0.15) is 11.9 Å². The van der Waals surface area contributed by atoms with Gasteiger partial charge in [-0.2, -0.15) is 0 Å². The van der Waals surface area contributed by atoms with Gasteiger partial charge >= 0.3 is 0 Å². The van der Waals surface area contributed by atoms with E-state index in [0.29, 0.717) is 0 Å². The number of anilines is 1. The van der Waals surface area contributed by atoms with E-state index in [2.05, 4.69) is 15.3 Å². The van der Waals surface area contributed by atoms with Crippen LogP contribution in [0.4, 0.5) is 5.69 Å². The summed E-state index contributed by atoms with van der Waals surface area (Å²) in [5.74, 6) is 0.864. The van der Waals surface area contributed by atoms with Crippen molar-refractivity contribution in [1.82, 2.24) is 9.97 Å². The average Bonchev–Trinajstić information content (AvgIpc) is 3.06. The van der Waals surface area contributed by atoms with E-state index < -0.39 is 0 Å². The van der Waals surface area contributed by atoms with Gasteiger partial charge in [-0.25, -0.2) is 4.98 Å². The standard InChI is InChI=1S/C15H19N3O2/c1-9(2)15(19)16-10-5-6-11-12(8-10)18-14(17-11)13-4-3-7-20-13/h5-6,8-9,13H,3-4,7H2,1-2H3,(H,16,19)(H,17,18). The Morgan fingerprint density at radius 3 is 3.05 bits per heavy atom. The summed E-state index contributed by atoms with van der Waals surface area (Å²) in [6, 6.07) is 5.71. The van der Waals surface area contributed by atoms with Crippen molar-refractivity contribution in [3.05, 3.63) is 24.0 Å². The number of aromatic nitrogens is 2. The Kier molecular flexibility index (Phi) is 3.44. The molecule has 1 atom stereocenters. The van der Waals surface area contributed by atoms with E-state index in [1.165, 1.54) is 0 Å². The van der Waals surface area contributed by atoms with Gasteiger partial charge in [0.05, 0.1) is 11.0 Å². The molecule has 1 unspecified atom stereocenters. The predicted molar refractivity (Wildman–Crippen MR) is 77.5 cm³/mol. The lowest BCUT2D eigenvalue weighted by atomic mass is 10.2. The highest BCUT2D eigenvalue weighted by Gasteiger charge is 2.21. The number of benzene rings is 1. The van der Waals surface area contributed by atoms with Crippen LogP contribution in [0.15, 0.2) is 18.2 Å². The zero-order chi connectivity index (χ0) is 14.1. The Labute approximate surface area is 117 Å². The maximum atomic E-state index is 11.7. The third kappa shape index (κ3) is 2.54. The average molecular weight is 273 g/mol. The normalized spacial score (nSPS) is 18.9. The largest absolute Gasteiger partial charge is 0.370 e. The molecular weight excluding hydrogens is 254 g/mol. The van der Waals surface area contributed by atoms with Crippen molar-refractivity contribution in [3.8, 4) is 0 Å². The number of rotatable bonds is 3. The maximum Gasteiger partial charge on any atom is 0.226 e. The Morgan fingerprint density at radius 2 is 2.35 bits per heavy atom. The van der Waals surface area contributed by atoms with Crippen LogP contribution in [0, 0.1) is 5.92 Å². The molecular formula is C15H19N3O2. The van der Waals surface area contributed by atoms with Gasteiger partial charge in [-0.1, -0.05) is 13.8 Å². The van der Waals surface area contributed by atoms with E-state index in [9.17, 15) is 4.79 Å². The lowest BCUT2D eigenvalue weighted by Gasteiger charge is -2.07. The first-order valence-corrected chi connectivity index (χ1v) is 7.05. The lowest BCUT2D eigenvalue weighted by Crippen LogP contribution is -2.17. The molecule has 106 valence electrons. The topological polar surface area (TPSA) is 67.0 Å². The Hall–Kier alpha value is -1.88. The van der Waals surface area contributed by atoms with Crippen LogP contribution in [0.5, 0.6) is 0 Å². The summed E-state index contributed by atoms with van der Waals surface area (Å²) in [6.07, 6.45) is 2.17. The Morgan fingerprint density at radius 1 is 1.50 bits per heavy atom. The Bertz CT molecular complexity index is 627. The van der Waals surface area contributed by atoms with Crippen LogP contribution >= 0.6 is 0 Å². The highest BCUT2D eigenvalue weighted by Crippen LogP contribution is 2.28. The molecule has 20 heavy (non-hydrogen) atoms. The van der Waals surface area contributed by atoms with Gasteiger partial charge in [0.25, 0.3) is 0 Å². The maximum absolute atomic E-state index is 11.7. The number of fused-ring (bicyclic) bond motifs is 1. The number of ether oxygens (including phenoxy) is 1. The highest BCUT2D eigenvalue weighted by atomic mass is 16.5. The number of imidazole rings is 1. The third-order valence-electron chi connectivity index (χ3n) is 3.53. The summed E-state index contributed by atoms with van der Waals surface area (Å²) in [5, 5.41) is 2.89. The van der Waals surface area contributed by atoms with Gasteiger partial charge in [0.2, 0.25) is 5.91 Å². The minimum absolute atomic E-state index is 0.0169. The molecule has 2 aromatic rings. The second-order valence-electron chi connectivity index (χ2n) is 5.50. The first kappa shape index (κ1) is 13.1. The summed E-state index contributed by atoms with van der Waals surface area (Å²) in [6.45, 7) is 4.55. The molecule has 1 saturated heterocycles. The summed E-state index contributed by atoms with van der Waals surface area (Å²) >= 11 is 0. The fraction of sp³-hybridized carbons (Fsp3) is 0.467. The number of amides is 1. The summed E-state index contributed by atoms with van der Waals surface area (Å²) < 4.78 is 5.63. The van der Waals surface area contributed by atoms with Gasteiger partial charge in [0.15, 0.2) is 0 Å². The van der Waals surface area contributed by atoms with Gasteiger partial charge in [-0.05, 0) is 31.0 Å². The number of hydrogen-bond acceptors (Lipinski definition) is 3. The van der Waals surface area contributed by atoms with Crippen LogP contribution in [-0.2, 0) is 9.53 Å². The summed E-state index contributed by atoms with van der Waals surface area (Å²) in [7, 11) is 0. The number of carbonyl (C=O) groups excluding carboxylic acids is 1. The number of nitrogens with one attached hydrogen (secondary N) is 2. The van der Waals surface area contributed by atoms with Crippen molar-refractivity contribution in [3.63, 3.8) is 0 Å². The molecule has 3 rings (SSSR count). The first-order valence-electron chi connectivity index (χ1n) is 7.05. The van der Waals surface area contributed by atoms with Crippen LogP contribution in [0.3, 0.4) is 0 Å². The minimum Gasteiger partial charge on any atom is -0.370 e. The molecule has 1 aliphatic rings. The van der Waals surface area contributed by atoms with E-state index >= 15 is 0 Å². The fourth-order valence-electron chi connectivity index (χ4n) is 2.34. The van der Waals surface area contributed by atoms with Crippen LogP contribution in [0.25, 0.3) is 11.0 Å². The van der Waals surface area contributed by atoms with Crippen LogP contribution in [-0.4, -0.2) is 22.5 Å². The highest BCUT2D eigenvalue weighted by molar-refractivity contribution is 5.94. The number of nitrogens with zero attached hydrogens (tertiary/aromatic N) is 1. The van der Waals surface area contributed by atoms with Crippen molar-refractivity contribution < 1.29 is 9.53 Å². The molecule has 1 fully saturated rings. The molecule has 1 aromatic carbocycles. The molecule has 0 radical (unpaired) electrons. The molecule has 2 N–H and O–H groups in total. The SMILES string of the molecule is CC(C)C(=O)Nc1ccc2nc(C3CCCO3)[nH]c2c1. The smallest absolute Gasteiger partial charge is 0.226 e. The number of aromatic amines is 1. The molecule has 1 aliphatic heterocycles. The van der Waals surface area contributed by atoms with Crippen molar-refractivity contribution in [2.45, 2.75) is 32.8 Å². The molecule has 0 bridgehead atoms. The van der Waals surface area contributed by atoms with E-state index in [4.69, 9.17) is 4.74 Å². The van der Waals surface area contributed by atoms with Crippen molar-refractivity contribution in [2.24, 2.45) is 5.92 Å². The quantitative estimate of drug-likeness (QED) is 0.903. The third-order valence-corrected chi connectivity index (χ3v) is 3.53. The Balaban J connectivity index is 1.85. The molecule has 0 saturated carbocycles. The summed E-state index contributed by atoms with van der Waals surface area (Å²) in [5.41, 5.74) is 2.62. The fourth-order valence-corrected chi connectivity index (χ4v) is 2.34. The van der Waals surface area contributed by atoms with Crippen molar-refractivity contribution in [2.75, 3.05) is 11.9 Å². The first-order chi connectivity index (χ1) is 9.63. The monoisotopic (exact) mass is 273 g/mol. The minimum atomic E-state index is -0.0325. The number of H-pyrrole nitrogens is 1. The molecule has 1 amide bonds. The number of carbonyl (C=O) groups is 1. The molecule has 0 aliphatic carbocycles. The molecule has 0 spiro atoms. The van der Waals surface area contributed by atoms with Gasteiger partial charge in [-0.3, -0.25) is 4.79 Å². The van der Waals surface area contributed by atoms with Crippen molar-refractivity contribution in [1.29, 1.82) is 0 Å². The predicted octanol–water partition coefficient (Wildman–Crippen LogP) is 3.01.